The van der Waals surface area contributed by atoms with Gasteiger partial charge in [0.1, 0.15) is 28.9 Å². The highest BCUT2D eigenvalue weighted by Gasteiger charge is 2.36. The molecule has 0 bridgehead atoms. The molecule has 0 aromatic heterocycles. The Labute approximate surface area is 159 Å². The standard InChI is InChI=1S/C19H17BrO6/c1-23-15-7-6-11(25-10-20)8-13(15)14(21)9-17-18-12(19(22)26-17)4-3-5-16(18)24-2/h3-8,17H,9-10H2,1-2H3. The number of fused-ring (bicyclic) bond motifs is 1. The first kappa shape index (κ1) is 18.3. The van der Waals surface area contributed by atoms with Crippen molar-refractivity contribution in [3.63, 3.8) is 0 Å². The van der Waals surface area contributed by atoms with Gasteiger partial charge in [-0.05, 0) is 46.3 Å². The number of hydrogen-bond acceptors (Lipinski definition) is 6. The van der Waals surface area contributed by atoms with Crippen LogP contribution in [0.15, 0.2) is 36.4 Å². The molecule has 7 heteroatoms. The number of carbonyl (C=O) groups excluding carboxylic acids is 2. The van der Waals surface area contributed by atoms with Gasteiger partial charge in [-0.3, -0.25) is 4.79 Å². The Morgan fingerprint density at radius 2 is 1.92 bits per heavy atom. The second-order valence-corrected chi connectivity index (χ2v) is 6.02. The van der Waals surface area contributed by atoms with Crippen LogP contribution in [0.4, 0.5) is 0 Å². The zero-order valence-corrected chi connectivity index (χ0v) is 15.9. The minimum absolute atomic E-state index is 0.0206. The topological polar surface area (TPSA) is 71.1 Å². The first-order chi connectivity index (χ1) is 12.6. The van der Waals surface area contributed by atoms with Crippen LogP contribution in [-0.4, -0.2) is 31.5 Å². The van der Waals surface area contributed by atoms with E-state index in [0.717, 1.165) is 0 Å². The molecule has 3 rings (SSSR count). The molecule has 2 aromatic carbocycles. The highest BCUT2D eigenvalue weighted by Crippen LogP contribution is 2.40. The van der Waals surface area contributed by atoms with Crippen LogP contribution in [0.3, 0.4) is 0 Å². The Hall–Kier alpha value is -2.54. The summed E-state index contributed by atoms with van der Waals surface area (Å²) in [5, 5.41) is 0. The number of methoxy groups -OCH3 is 2. The Morgan fingerprint density at radius 1 is 1.15 bits per heavy atom. The fraction of sp³-hybridized carbons (Fsp3) is 0.263. The van der Waals surface area contributed by atoms with E-state index < -0.39 is 12.1 Å². The molecule has 0 spiro atoms. The van der Waals surface area contributed by atoms with Gasteiger partial charge in [0.05, 0.1) is 31.8 Å². The van der Waals surface area contributed by atoms with Gasteiger partial charge < -0.3 is 18.9 Å². The van der Waals surface area contributed by atoms with E-state index >= 15 is 0 Å². The van der Waals surface area contributed by atoms with Crippen molar-refractivity contribution in [1.29, 1.82) is 0 Å². The highest BCUT2D eigenvalue weighted by atomic mass is 79.9. The van der Waals surface area contributed by atoms with Crippen LogP contribution in [0, 0.1) is 0 Å². The minimum Gasteiger partial charge on any atom is -0.496 e. The average Bonchev–Trinajstić information content (AvgIpc) is 2.97. The molecule has 1 aliphatic heterocycles. The van der Waals surface area contributed by atoms with E-state index in [0.29, 0.717) is 39.5 Å². The van der Waals surface area contributed by atoms with Crippen molar-refractivity contribution in [2.75, 3.05) is 19.7 Å². The molecule has 1 aliphatic rings. The molecule has 6 nitrogen and oxygen atoms in total. The minimum atomic E-state index is -0.702. The Bertz CT molecular complexity index is 848. The molecule has 0 fully saturated rings. The van der Waals surface area contributed by atoms with Crippen molar-refractivity contribution in [2.45, 2.75) is 12.5 Å². The third-order valence-corrected chi connectivity index (χ3v) is 4.37. The molecule has 26 heavy (non-hydrogen) atoms. The van der Waals surface area contributed by atoms with Gasteiger partial charge >= 0.3 is 5.97 Å². The van der Waals surface area contributed by atoms with Gasteiger partial charge in [-0.25, -0.2) is 4.79 Å². The summed E-state index contributed by atoms with van der Waals surface area (Å²) in [5.74, 6) is 0.807. The molecule has 1 atom stereocenters. The third kappa shape index (κ3) is 3.39. The van der Waals surface area contributed by atoms with Gasteiger partial charge in [-0.1, -0.05) is 6.07 Å². The number of benzene rings is 2. The number of carbonyl (C=O) groups is 2. The number of ether oxygens (including phenoxy) is 4. The van der Waals surface area contributed by atoms with Gasteiger partial charge in [0, 0.05) is 5.56 Å². The predicted octanol–water partition coefficient (Wildman–Crippen LogP) is 3.92. The van der Waals surface area contributed by atoms with Crippen molar-refractivity contribution < 1.29 is 28.5 Å². The molecule has 2 aromatic rings. The number of Topliss-reactive ketones (excluding diaryl/α,β-unsaturated/α-hetero) is 1. The van der Waals surface area contributed by atoms with Crippen LogP contribution < -0.4 is 14.2 Å². The Balaban J connectivity index is 1.91. The maximum Gasteiger partial charge on any atom is 0.339 e. The summed E-state index contributed by atoms with van der Waals surface area (Å²) in [4.78, 5) is 25.0. The van der Waals surface area contributed by atoms with Crippen LogP contribution in [0.5, 0.6) is 17.2 Å². The summed E-state index contributed by atoms with van der Waals surface area (Å²) in [6, 6.07) is 10.1. The molecule has 1 unspecified atom stereocenters. The molecule has 0 N–H and O–H groups in total. The van der Waals surface area contributed by atoms with E-state index in [1.54, 1.807) is 36.4 Å². The van der Waals surface area contributed by atoms with Crippen molar-refractivity contribution in [3.8, 4) is 17.2 Å². The SMILES string of the molecule is COc1ccc(OCBr)cc1C(=O)CC1OC(=O)c2cccc(OC)c21. The summed E-state index contributed by atoms with van der Waals surface area (Å²) in [6.45, 7) is 0. The molecule has 136 valence electrons. The Kier molecular flexibility index (Phi) is 5.46. The largest absolute Gasteiger partial charge is 0.496 e. The van der Waals surface area contributed by atoms with E-state index in [-0.39, 0.29) is 12.2 Å². The van der Waals surface area contributed by atoms with Crippen LogP contribution >= 0.6 is 15.9 Å². The van der Waals surface area contributed by atoms with Crippen molar-refractivity contribution in [2.24, 2.45) is 0 Å². The highest BCUT2D eigenvalue weighted by molar-refractivity contribution is 9.09. The number of halogens is 1. The summed E-state index contributed by atoms with van der Waals surface area (Å²) in [5.41, 5.74) is 1.69. The smallest absolute Gasteiger partial charge is 0.339 e. The zero-order valence-electron chi connectivity index (χ0n) is 14.3. The number of alkyl halides is 1. The number of cyclic esters (lactones) is 1. The van der Waals surface area contributed by atoms with Gasteiger partial charge in [0.15, 0.2) is 5.78 Å². The monoisotopic (exact) mass is 420 g/mol. The molecule has 0 aliphatic carbocycles. The molecule has 0 amide bonds. The van der Waals surface area contributed by atoms with Crippen LogP contribution in [0.1, 0.15) is 38.8 Å². The molecular weight excluding hydrogens is 404 g/mol. The van der Waals surface area contributed by atoms with Crippen LogP contribution in [-0.2, 0) is 4.74 Å². The molecular formula is C19H17BrO6. The number of hydrogen-bond donors (Lipinski definition) is 0. The Morgan fingerprint density at radius 3 is 2.62 bits per heavy atom. The van der Waals surface area contributed by atoms with Crippen molar-refractivity contribution in [3.05, 3.63) is 53.1 Å². The van der Waals surface area contributed by atoms with E-state index in [1.807, 2.05) is 0 Å². The van der Waals surface area contributed by atoms with E-state index in [1.165, 1.54) is 14.2 Å². The predicted molar refractivity (Wildman–Crippen MR) is 97.5 cm³/mol. The maximum atomic E-state index is 12.9. The first-order valence-electron chi connectivity index (χ1n) is 7.87. The normalized spacial score (nSPS) is 15.2. The third-order valence-electron chi connectivity index (χ3n) is 4.14. The number of esters is 1. The average molecular weight is 421 g/mol. The maximum absolute atomic E-state index is 12.9. The lowest BCUT2D eigenvalue weighted by Crippen LogP contribution is -2.10. The summed E-state index contributed by atoms with van der Waals surface area (Å²) in [7, 11) is 3.01. The van der Waals surface area contributed by atoms with E-state index in [4.69, 9.17) is 18.9 Å². The second kappa shape index (κ2) is 7.78. The van der Waals surface area contributed by atoms with Crippen molar-refractivity contribution in [1.82, 2.24) is 0 Å². The quantitative estimate of drug-likeness (QED) is 0.384. The second-order valence-electron chi connectivity index (χ2n) is 5.56. The van der Waals surface area contributed by atoms with Crippen molar-refractivity contribution >= 4 is 27.7 Å². The molecule has 1 heterocycles. The fourth-order valence-corrected chi connectivity index (χ4v) is 3.23. The van der Waals surface area contributed by atoms with Crippen LogP contribution in [0.2, 0.25) is 0 Å². The lowest BCUT2D eigenvalue weighted by molar-refractivity contribution is 0.0364. The molecule has 0 saturated carbocycles. The first-order valence-corrected chi connectivity index (χ1v) is 8.99. The molecule has 0 saturated heterocycles. The number of ketones is 1. The zero-order chi connectivity index (χ0) is 18.7. The van der Waals surface area contributed by atoms with Crippen LogP contribution in [0.25, 0.3) is 0 Å². The van der Waals surface area contributed by atoms with E-state index in [2.05, 4.69) is 15.9 Å². The lowest BCUT2D eigenvalue weighted by atomic mass is 9.97. The fourth-order valence-electron chi connectivity index (χ4n) is 2.96. The van der Waals surface area contributed by atoms with Gasteiger partial charge in [0.25, 0.3) is 0 Å². The van der Waals surface area contributed by atoms with Gasteiger partial charge in [0.2, 0.25) is 0 Å². The van der Waals surface area contributed by atoms with Gasteiger partial charge in [-0.15, -0.1) is 0 Å². The molecule has 0 radical (unpaired) electrons. The number of rotatable bonds is 7. The summed E-state index contributed by atoms with van der Waals surface area (Å²) in [6.07, 6.45) is -0.723. The summed E-state index contributed by atoms with van der Waals surface area (Å²) < 4.78 is 21.4. The van der Waals surface area contributed by atoms with E-state index in [9.17, 15) is 9.59 Å². The lowest BCUT2D eigenvalue weighted by Gasteiger charge is -2.15. The van der Waals surface area contributed by atoms with Gasteiger partial charge in [-0.2, -0.15) is 0 Å². The summed E-state index contributed by atoms with van der Waals surface area (Å²) >= 11 is 3.18.